The zero-order chi connectivity index (χ0) is 14.5. The summed E-state index contributed by atoms with van der Waals surface area (Å²) in [5.74, 6) is 0. The van der Waals surface area contributed by atoms with Crippen molar-refractivity contribution in [1.29, 1.82) is 0 Å². The molecule has 2 aromatic rings. The van der Waals surface area contributed by atoms with Crippen molar-refractivity contribution in [2.45, 2.75) is 12.5 Å². The van der Waals surface area contributed by atoms with Crippen molar-refractivity contribution < 1.29 is 0 Å². The van der Waals surface area contributed by atoms with Crippen molar-refractivity contribution in [3.8, 4) is 0 Å². The van der Waals surface area contributed by atoms with Gasteiger partial charge in [-0.3, -0.25) is 9.88 Å². The topological polar surface area (TPSA) is 28.2 Å². The molecule has 0 radical (unpaired) electrons. The van der Waals surface area contributed by atoms with Crippen molar-refractivity contribution in [2.24, 2.45) is 0 Å². The van der Waals surface area contributed by atoms with E-state index in [1.165, 1.54) is 12.0 Å². The van der Waals surface area contributed by atoms with Gasteiger partial charge in [0.1, 0.15) is 0 Å². The largest absolute Gasteiger partial charge is 0.315 e. The molecule has 0 amide bonds. The highest BCUT2D eigenvalue weighted by molar-refractivity contribution is 9.10. The second-order valence-electron chi connectivity index (χ2n) is 5.35. The van der Waals surface area contributed by atoms with Gasteiger partial charge in [0.25, 0.3) is 0 Å². The van der Waals surface area contributed by atoms with Crippen LogP contribution in [0.3, 0.4) is 0 Å². The van der Waals surface area contributed by atoms with Crippen LogP contribution in [0.4, 0.5) is 0 Å². The lowest BCUT2D eigenvalue weighted by Gasteiger charge is -2.30. The molecule has 4 heteroatoms. The van der Waals surface area contributed by atoms with Crippen molar-refractivity contribution in [1.82, 2.24) is 15.2 Å². The summed E-state index contributed by atoms with van der Waals surface area (Å²) in [5, 5.41) is 3.48. The molecule has 3 rings (SSSR count). The van der Waals surface area contributed by atoms with E-state index in [9.17, 15) is 0 Å². The van der Waals surface area contributed by atoms with Crippen LogP contribution in [0.5, 0.6) is 0 Å². The van der Waals surface area contributed by atoms with E-state index in [4.69, 9.17) is 0 Å². The van der Waals surface area contributed by atoms with Gasteiger partial charge in [-0.25, -0.2) is 0 Å². The second kappa shape index (κ2) is 7.16. The maximum atomic E-state index is 4.61. The molecule has 0 bridgehead atoms. The van der Waals surface area contributed by atoms with Crippen LogP contribution in [0.2, 0.25) is 0 Å². The normalized spacial score (nSPS) is 18.1. The molecular formula is C17H20BrN3. The van der Waals surface area contributed by atoms with Crippen LogP contribution in [0.25, 0.3) is 0 Å². The molecule has 1 aromatic heterocycles. The van der Waals surface area contributed by atoms with Crippen LogP contribution in [-0.2, 0) is 0 Å². The molecular weight excluding hydrogens is 326 g/mol. The molecule has 1 unspecified atom stereocenters. The van der Waals surface area contributed by atoms with E-state index in [0.717, 1.165) is 36.3 Å². The lowest BCUT2D eigenvalue weighted by molar-refractivity contribution is 0.237. The number of benzene rings is 1. The Kier molecular flexibility index (Phi) is 5.01. The Morgan fingerprint density at radius 2 is 2.05 bits per heavy atom. The Hall–Kier alpha value is -1.23. The summed E-state index contributed by atoms with van der Waals surface area (Å²) in [5.41, 5.74) is 2.42. The molecule has 110 valence electrons. The first kappa shape index (κ1) is 14.7. The van der Waals surface area contributed by atoms with Gasteiger partial charge in [0.15, 0.2) is 0 Å². The first-order valence-electron chi connectivity index (χ1n) is 7.46. The highest BCUT2D eigenvalue weighted by Crippen LogP contribution is 2.29. The minimum atomic E-state index is 0.226. The maximum Gasteiger partial charge on any atom is 0.0777 e. The molecule has 1 saturated heterocycles. The zero-order valence-electron chi connectivity index (χ0n) is 12.0. The fourth-order valence-corrected chi connectivity index (χ4v) is 3.32. The fraction of sp³-hybridized carbons (Fsp3) is 0.353. The molecule has 1 fully saturated rings. The van der Waals surface area contributed by atoms with Crippen LogP contribution in [-0.4, -0.2) is 36.1 Å². The molecule has 1 atom stereocenters. The predicted octanol–water partition coefficient (Wildman–Crippen LogP) is 3.23. The number of hydrogen-bond donors (Lipinski definition) is 1. The summed E-state index contributed by atoms with van der Waals surface area (Å²) in [7, 11) is 0. The highest BCUT2D eigenvalue weighted by atomic mass is 79.9. The van der Waals surface area contributed by atoms with Gasteiger partial charge in [0, 0.05) is 30.3 Å². The quantitative estimate of drug-likeness (QED) is 0.925. The van der Waals surface area contributed by atoms with Crippen LogP contribution < -0.4 is 5.32 Å². The Morgan fingerprint density at radius 1 is 1.10 bits per heavy atom. The number of rotatable bonds is 3. The van der Waals surface area contributed by atoms with Crippen molar-refractivity contribution in [3.05, 3.63) is 64.4 Å². The first-order valence-corrected chi connectivity index (χ1v) is 8.25. The highest BCUT2D eigenvalue weighted by Gasteiger charge is 2.24. The summed E-state index contributed by atoms with van der Waals surface area (Å²) in [4.78, 5) is 7.15. The van der Waals surface area contributed by atoms with Gasteiger partial charge < -0.3 is 5.32 Å². The van der Waals surface area contributed by atoms with Gasteiger partial charge in [-0.1, -0.05) is 34.1 Å². The number of pyridine rings is 1. The molecule has 0 saturated carbocycles. The van der Waals surface area contributed by atoms with Crippen molar-refractivity contribution in [3.63, 3.8) is 0 Å². The standard InChI is InChI=1S/C17H20BrN3/c18-15-6-3-5-14(13-15)17(16-7-1-2-9-20-16)21-11-4-8-19-10-12-21/h1-3,5-7,9,13,17,19H,4,8,10-12H2. The summed E-state index contributed by atoms with van der Waals surface area (Å²) in [6, 6.07) is 15.0. The molecule has 1 aliphatic heterocycles. The number of nitrogens with zero attached hydrogens (tertiary/aromatic N) is 2. The number of aromatic nitrogens is 1. The van der Waals surface area contributed by atoms with Gasteiger partial charge in [-0.05, 0) is 42.8 Å². The van der Waals surface area contributed by atoms with Gasteiger partial charge in [-0.15, -0.1) is 0 Å². The molecule has 1 aliphatic rings. The third-order valence-corrected chi connectivity index (χ3v) is 4.37. The molecule has 2 heterocycles. The smallest absolute Gasteiger partial charge is 0.0777 e. The van der Waals surface area contributed by atoms with Crippen LogP contribution in [0.1, 0.15) is 23.7 Å². The molecule has 0 aliphatic carbocycles. The molecule has 21 heavy (non-hydrogen) atoms. The van der Waals surface area contributed by atoms with E-state index >= 15 is 0 Å². The number of hydrogen-bond acceptors (Lipinski definition) is 3. The molecule has 1 N–H and O–H groups in total. The van der Waals surface area contributed by atoms with Crippen molar-refractivity contribution in [2.75, 3.05) is 26.2 Å². The summed E-state index contributed by atoms with van der Waals surface area (Å²) >= 11 is 3.59. The average Bonchev–Trinajstić information content (AvgIpc) is 2.78. The van der Waals surface area contributed by atoms with Crippen LogP contribution >= 0.6 is 15.9 Å². The Bertz CT molecular complexity index is 565. The van der Waals surface area contributed by atoms with E-state index in [0.29, 0.717) is 0 Å². The van der Waals surface area contributed by atoms with Crippen LogP contribution in [0, 0.1) is 0 Å². The van der Waals surface area contributed by atoms with E-state index < -0.39 is 0 Å². The first-order chi connectivity index (χ1) is 10.3. The Morgan fingerprint density at radius 3 is 2.86 bits per heavy atom. The lowest BCUT2D eigenvalue weighted by atomic mass is 10.0. The molecule has 0 spiro atoms. The fourth-order valence-electron chi connectivity index (χ4n) is 2.91. The van der Waals surface area contributed by atoms with Gasteiger partial charge in [0.2, 0.25) is 0 Å². The SMILES string of the molecule is Brc1cccc(C(c2ccccn2)N2CCCNCC2)c1. The maximum absolute atomic E-state index is 4.61. The summed E-state index contributed by atoms with van der Waals surface area (Å²) in [6.07, 6.45) is 3.06. The minimum absolute atomic E-state index is 0.226. The van der Waals surface area contributed by atoms with E-state index in [1.807, 2.05) is 12.3 Å². The van der Waals surface area contributed by atoms with Gasteiger partial charge in [-0.2, -0.15) is 0 Å². The average molecular weight is 346 g/mol. The van der Waals surface area contributed by atoms with E-state index in [1.54, 1.807) is 0 Å². The Balaban J connectivity index is 1.98. The predicted molar refractivity (Wildman–Crippen MR) is 89.3 cm³/mol. The zero-order valence-corrected chi connectivity index (χ0v) is 13.6. The third kappa shape index (κ3) is 3.70. The van der Waals surface area contributed by atoms with Crippen molar-refractivity contribution >= 4 is 15.9 Å². The molecule has 3 nitrogen and oxygen atoms in total. The van der Waals surface area contributed by atoms with E-state index in [-0.39, 0.29) is 6.04 Å². The number of nitrogens with one attached hydrogen (secondary N) is 1. The molecule has 1 aromatic carbocycles. The second-order valence-corrected chi connectivity index (χ2v) is 6.27. The lowest BCUT2D eigenvalue weighted by Crippen LogP contribution is -2.33. The Labute approximate surface area is 134 Å². The van der Waals surface area contributed by atoms with Crippen LogP contribution in [0.15, 0.2) is 53.1 Å². The third-order valence-electron chi connectivity index (χ3n) is 3.87. The van der Waals surface area contributed by atoms with Gasteiger partial charge in [0.05, 0.1) is 11.7 Å². The van der Waals surface area contributed by atoms with E-state index in [2.05, 4.69) is 67.5 Å². The monoisotopic (exact) mass is 345 g/mol. The summed E-state index contributed by atoms with van der Waals surface area (Å²) in [6.45, 7) is 4.29. The van der Waals surface area contributed by atoms with Gasteiger partial charge >= 0.3 is 0 Å². The summed E-state index contributed by atoms with van der Waals surface area (Å²) < 4.78 is 1.12. The minimum Gasteiger partial charge on any atom is -0.315 e. The number of halogens is 1.